The summed E-state index contributed by atoms with van der Waals surface area (Å²) in [4.78, 5) is 18.2. The molecule has 7 nitrogen and oxygen atoms in total. The molecule has 0 aliphatic rings. The van der Waals surface area contributed by atoms with Crippen molar-refractivity contribution in [3.63, 3.8) is 0 Å². The third kappa shape index (κ3) is 7.03. The molecule has 0 radical (unpaired) electrons. The summed E-state index contributed by atoms with van der Waals surface area (Å²) in [6.45, 7) is 5.15. The number of carbonyl (C=O) groups excluding carboxylic acids is 1. The van der Waals surface area contributed by atoms with Crippen molar-refractivity contribution < 1.29 is 9.53 Å². The maximum absolute atomic E-state index is 11.8. The highest BCUT2D eigenvalue weighted by molar-refractivity contribution is 5.89. The van der Waals surface area contributed by atoms with Gasteiger partial charge in [0.2, 0.25) is 0 Å². The van der Waals surface area contributed by atoms with Gasteiger partial charge in [0.15, 0.2) is 5.96 Å². The molecule has 2 aromatic carbocycles. The zero-order valence-corrected chi connectivity index (χ0v) is 17.8. The molecular formula is C22H31N5O2. The number of guanidine groups is 1. The molecule has 0 aromatic heterocycles. The Bertz CT molecular complexity index is 818. The molecule has 7 heteroatoms. The summed E-state index contributed by atoms with van der Waals surface area (Å²) >= 11 is 0. The Labute approximate surface area is 173 Å². The monoisotopic (exact) mass is 397 g/mol. The van der Waals surface area contributed by atoms with Gasteiger partial charge in [-0.05, 0) is 37.6 Å². The first-order chi connectivity index (χ1) is 13.9. The van der Waals surface area contributed by atoms with Crippen LogP contribution in [0.25, 0.3) is 0 Å². The van der Waals surface area contributed by atoms with Gasteiger partial charge in [0.1, 0.15) is 5.75 Å². The summed E-state index contributed by atoms with van der Waals surface area (Å²) in [5, 5.41) is 8.99. The van der Waals surface area contributed by atoms with Gasteiger partial charge in [0.05, 0.1) is 7.11 Å². The maximum Gasteiger partial charge on any atom is 0.319 e. The van der Waals surface area contributed by atoms with E-state index in [4.69, 9.17) is 4.74 Å². The Kier molecular flexibility index (Phi) is 8.33. The van der Waals surface area contributed by atoms with Crippen molar-refractivity contribution >= 4 is 17.7 Å². The van der Waals surface area contributed by atoms with Crippen LogP contribution in [0, 0.1) is 0 Å². The second kappa shape index (κ2) is 10.9. The number of hydrogen-bond acceptors (Lipinski definition) is 3. The van der Waals surface area contributed by atoms with Gasteiger partial charge < -0.3 is 25.6 Å². The molecule has 0 fully saturated rings. The summed E-state index contributed by atoms with van der Waals surface area (Å²) in [6.07, 6.45) is 0. The average Bonchev–Trinajstić information content (AvgIpc) is 2.69. The zero-order chi connectivity index (χ0) is 21.2. The normalized spacial score (nSPS) is 11.2. The number of nitrogens with one attached hydrogen (secondary N) is 3. The number of anilines is 1. The van der Waals surface area contributed by atoms with E-state index in [2.05, 4.69) is 20.9 Å². The van der Waals surface area contributed by atoms with Crippen molar-refractivity contribution in [3.05, 3.63) is 59.7 Å². The average molecular weight is 398 g/mol. The van der Waals surface area contributed by atoms with Crippen LogP contribution in [0.5, 0.6) is 5.75 Å². The van der Waals surface area contributed by atoms with Crippen molar-refractivity contribution in [1.82, 2.24) is 15.5 Å². The van der Waals surface area contributed by atoms with Gasteiger partial charge in [-0.25, -0.2) is 4.79 Å². The van der Waals surface area contributed by atoms with Gasteiger partial charge in [-0.2, -0.15) is 0 Å². The van der Waals surface area contributed by atoms with E-state index in [9.17, 15) is 4.79 Å². The molecule has 156 valence electrons. The third-order valence-electron chi connectivity index (χ3n) is 4.26. The van der Waals surface area contributed by atoms with E-state index in [-0.39, 0.29) is 12.1 Å². The van der Waals surface area contributed by atoms with Crippen LogP contribution in [0.2, 0.25) is 0 Å². The summed E-state index contributed by atoms with van der Waals surface area (Å²) in [5.74, 6) is 1.65. The number of benzene rings is 2. The van der Waals surface area contributed by atoms with Crippen molar-refractivity contribution in [2.24, 2.45) is 4.99 Å². The summed E-state index contributed by atoms with van der Waals surface area (Å²) in [7, 11) is 5.43. The van der Waals surface area contributed by atoms with Crippen molar-refractivity contribution in [3.8, 4) is 5.75 Å². The molecule has 0 bridgehead atoms. The van der Waals surface area contributed by atoms with Crippen LogP contribution in [-0.4, -0.2) is 44.1 Å². The van der Waals surface area contributed by atoms with Gasteiger partial charge >= 0.3 is 6.03 Å². The van der Waals surface area contributed by atoms with E-state index in [0.29, 0.717) is 13.1 Å². The SMILES string of the molecule is CN=C(NCc1ccc(NC(=O)NC(C)C)cc1)N(C)Cc1ccccc1OC. The smallest absolute Gasteiger partial charge is 0.319 e. The lowest BCUT2D eigenvalue weighted by molar-refractivity contribution is 0.250. The van der Waals surface area contributed by atoms with E-state index < -0.39 is 0 Å². The fourth-order valence-corrected chi connectivity index (χ4v) is 2.87. The Morgan fingerprint density at radius 1 is 1.14 bits per heavy atom. The van der Waals surface area contributed by atoms with Crippen LogP contribution in [-0.2, 0) is 13.1 Å². The lowest BCUT2D eigenvalue weighted by Gasteiger charge is -2.23. The van der Waals surface area contributed by atoms with Gasteiger partial charge in [-0.15, -0.1) is 0 Å². The molecule has 0 saturated heterocycles. The van der Waals surface area contributed by atoms with Crippen LogP contribution < -0.4 is 20.7 Å². The second-order valence-electron chi connectivity index (χ2n) is 7.02. The minimum absolute atomic E-state index is 0.0954. The number of rotatable bonds is 7. The highest BCUT2D eigenvalue weighted by Gasteiger charge is 2.10. The minimum Gasteiger partial charge on any atom is -0.496 e. The first-order valence-electron chi connectivity index (χ1n) is 9.63. The Hall–Kier alpha value is -3.22. The Balaban J connectivity index is 1.90. The van der Waals surface area contributed by atoms with E-state index in [1.165, 1.54) is 0 Å². The fraction of sp³-hybridized carbons (Fsp3) is 0.364. The Morgan fingerprint density at radius 3 is 2.45 bits per heavy atom. The van der Waals surface area contributed by atoms with E-state index in [1.54, 1.807) is 14.2 Å². The van der Waals surface area contributed by atoms with E-state index >= 15 is 0 Å². The largest absolute Gasteiger partial charge is 0.496 e. The number of carbonyl (C=O) groups is 1. The first kappa shape index (κ1) is 22.1. The maximum atomic E-state index is 11.8. The quantitative estimate of drug-likeness (QED) is 0.494. The van der Waals surface area contributed by atoms with Gasteiger partial charge in [-0.3, -0.25) is 4.99 Å². The van der Waals surface area contributed by atoms with Crippen molar-refractivity contribution in [2.45, 2.75) is 33.0 Å². The molecule has 0 saturated carbocycles. The number of aliphatic imine (C=N–C) groups is 1. The van der Waals surface area contributed by atoms with Gasteiger partial charge in [-0.1, -0.05) is 30.3 Å². The van der Waals surface area contributed by atoms with Crippen molar-refractivity contribution in [1.29, 1.82) is 0 Å². The number of ether oxygens (including phenoxy) is 1. The van der Waals surface area contributed by atoms with Crippen LogP contribution in [0.1, 0.15) is 25.0 Å². The number of urea groups is 1. The molecule has 0 heterocycles. The van der Waals surface area contributed by atoms with Gasteiger partial charge in [0, 0.05) is 44.5 Å². The predicted octanol–water partition coefficient (Wildman–Crippen LogP) is 3.43. The lowest BCUT2D eigenvalue weighted by atomic mass is 10.2. The van der Waals surface area contributed by atoms with Crippen LogP contribution in [0.4, 0.5) is 10.5 Å². The molecule has 2 rings (SSSR count). The molecule has 29 heavy (non-hydrogen) atoms. The predicted molar refractivity (Wildman–Crippen MR) is 118 cm³/mol. The van der Waals surface area contributed by atoms with E-state index in [0.717, 1.165) is 28.5 Å². The number of para-hydroxylation sites is 1. The summed E-state index contributed by atoms with van der Waals surface area (Å²) < 4.78 is 5.43. The number of nitrogens with zero attached hydrogens (tertiary/aromatic N) is 2. The molecule has 0 atom stereocenters. The number of methoxy groups -OCH3 is 1. The van der Waals surface area contributed by atoms with E-state index in [1.807, 2.05) is 74.3 Å². The van der Waals surface area contributed by atoms with Crippen LogP contribution in [0.15, 0.2) is 53.5 Å². The third-order valence-corrected chi connectivity index (χ3v) is 4.26. The molecule has 2 amide bonds. The lowest BCUT2D eigenvalue weighted by Crippen LogP contribution is -2.38. The Morgan fingerprint density at radius 2 is 1.83 bits per heavy atom. The summed E-state index contributed by atoms with van der Waals surface area (Å²) in [6, 6.07) is 15.6. The second-order valence-corrected chi connectivity index (χ2v) is 7.02. The molecule has 2 aromatic rings. The molecule has 3 N–H and O–H groups in total. The molecule has 0 spiro atoms. The topological polar surface area (TPSA) is 78.0 Å². The van der Waals surface area contributed by atoms with Crippen LogP contribution in [0.3, 0.4) is 0 Å². The zero-order valence-electron chi connectivity index (χ0n) is 17.8. The highest BCUT2D eigenvalue weighted by Crippen LogP contribution is 2.18. The highest BCUT2D eigenvalue weighted by atomic mass is 16.5. The standard InChI is InChI=1S/C22H31N5O2/c1-16(2)25-22(28)26-19-12-10-17(11-13-19)14-24-21(23-3)27(4)15-18-8-6-7-9-20(18)29-5/h6-13,16H,14-15H2,1-5H3,(H,23,24)(H2,25,26,28). The number of amides is 2. The molecular weight excluding hydrogens is 366 g/mol. The minimum atomic E-state index is -0.204. The molecule has 0 unspecified atom stereocenters. The van der Waals surface area contributed by atoms with Crippen LogP contribution >= 0.6 is 0 Å². The fourth-order valence-electron chi connectivity index (χ4n) is 2.87. The first-order valence-corrected chi connectivity index (χ1v) is 9.63. The molecule has 0 aliphatic carbocycles. The summed E-state index contributed by atoms with van der Waals surface area (Å²) in [5.41, 5.74) is 2.94. The number of hydrogen-bond donors (Lipinski definition) is 3. The molecule has 0 aliphatic heterocycles. The van der Waals surface area contributed by atoms with Gasteiger partial charge in [0.25, 0.3) is 0 Å². The van der Waals surface area contributed by atoms with Crippen molar-refractivity contribution in [2.75, 3.05) is 26.5 Å².